The zero-order chi connectivity index (χ0) is 15.5. The SMILES string of the molecule is Cc1cccc(N2CCN(Cc3ccccc3F)CC2)c1C. The summed E-state index contributed by atoms with van der Waals surface area (Å²) in [5.74, 6) is -0.0977. The van der Waals surface area contributed by atoms with Gasteiger partial charge in [-0.25, -0.2) is 4.39 Å². The van der Waals surface area contributed by atoms with E-state index >= 15 is 0 Å². The third kappa shape index (κ3) is 3.14. The second-order valence-electron chi connectivity index (χ2n) is 6.07. The van der Waals surface area contributed by atoms with E-state index in [1.165, 1.54) is 16.8 Å². The normalized spacial score (nSPS) is 16.0. The van der Waals surface area contributed by atoms with E-state index < -0.39 is 0 Å². The van der Waals surface area contributed by atoms with E-state index in [9.17, 15) is 4.39 Å². The lowest BCUT2D eigenvalue weighted by molar-refractivity contribution is 0.246. The molecule has 1 fully saturated rings. The third-order valence-electron chi connectivity index (χ3n) is 4.64. The summed E-state index contributed by atoms with van der Waals surface area (Å²) in [6.45, 7) is 9.00. The first-order valence-corrected chi connectivity index (χ1v) is 7.92. The summed E-state index contributed by atoms with van der Waals surface area (Å²) in [5, 5.41) is 0. The van der Waals surface area contributed by atoms with Gasteiger partial charge in [0.25, 0.3) is 0 Å². The number of benzene rings is 2. The molecule has 116 valence electrons. The van der Waals surface area contributed by atoms with Crippen molar-refractivity contribution in [3.05, 3.63) is 65.0 Å². The first-order chi connectivity index (χ1) is 10.6. The summed E-state index contributed by atoms with van der Waals surface area (Å²) < 4.78 is 13.7. The van der Waals surface area contributed by atoms with Crippen LogP contribution in [0, 0.1) is 19.7 Å². The predicted molar refractivity (Wildman–Crippen MR) is 89.8 cm³/mol. The molecule has 3 rings (SSSR count). The van der Waals surface area contributed by atoms with Gasteiger partial charge in [-0.2, -0.15) is 0 Å². The lowest BCUT2D eigenvalue weighted by Crippen LogP contribution is -2.46. The predicted octanol–water partition coefficient (Wildman–Crippen LogP) is 3.76. The maximum atomic E-state index is 13.7. The molecule has 2 aromatic rings. The Kier molecular flexibility index (Phi) is 4.44. The van der Waals surface area contributed by atoms with Crippen LogP contribution in [0.15, 0.2) is 42.5 Å². The Labute approximate surface area is 132 Å². The Morgan fingerprint density at radius 2 is 1.64 bits per heavy atom. The van der Waals surface area contributed by atoms with Crippen LogP contribution in [0.1, 0.15) is 16.7 Å². The molecule has 1 saturated heterocycles. The van der Waals surface area contributed by atoms with Crippen LogP contribution in [0.2, 0.25) is 0 Å². The maximum absolute atomic E-state index is 13.7. The first kappa shape index (κ1) is 15.0. The number of halogens is 1. The zero-order valence-corrected chi connectivity index (χ0v) is 13.3. The van der Waals surface area contributed by atoms with E-state index in [2.05, 4.69) is 41.8 Å². The summed E-state index contributed by atoms with van der Waals surface area (Å²) in [5.41, 5.74) is 4.84. The van der Waals surface area contributed by atoms with Crippen LogP contribution in [-0.2, 0) is 6.54 Å². The average Bonchev–Trinajstić information content (AvgIpc) is 2.53. The molecule has 0 aliphatic carbocycles. The van der Waals surface area contributed by atoms with Crippen molar-refractivity contribution in [1.82, 2.24) is 4.90 Å². The van der Waals surface area contributed by atoms with Gasteiger partial charge in [0.15, 0.2) is 0 Å². The van der Waals surface area contributed by atoms with Gasteiger partial charge >= 0.3 is 0 Å². The first-order valence-electron chi connectivity index (χ1n) is 7.92. The van der Waals surface area contributed by atoms with Crippen molar-refractivity contribution in [2.75, 3.05) is 31.1 Å². The zero-order valence-electron chi connectivity index (χ0n) is 13.3. The van der Waals surface area contributed by atoms with E-state index in [1.54, 1.807) is 12.1 Å². The molecule has 0 radical (unpaired) electrons. The monoisotopic (exact) mass is 298 g/mol. The molecule has 0 atom stereocenters. The van der Waals surface area contributed by atoms with Gasteiger partial charge in [-0.1, -0.05) is 30.3 Å². The van der Waals surface area contributed by atoms with Crippen molar-refractivity contribution in [2.45, 2.75) is 20.4 Å². The van der Waals surface area contributed by atoms with Crippen molar-refractivity contribution >= 4 is 5.69 Å². The fraction of sp³-hybridized carbons (Fsp3) is 0.368. The molecule has 2 aromatic carbocycles. The second kappa shape index (κ2) is 6.49. The molecule has 0 saturated carbocycles. The lowest BCUT2D eigenvalue weighted by Gasteiger charge is -2.37. The van der Waals surface area contributed by atoms with Crippen LogP contribution in [0.4, 0.5) is 10.1 Å². The van der Waals surface area contributed by atoms with E-state index in [-0.39, 0.29) is 5.82 Å². The molecule has 1 aliphatic heterocycles. The molecule has 2 nitrogen and oxygen atoms in total. The van der Waals surface area contributed by atoms with Gasteiger partial charge in [0.05, 0.1) is 0 Å². The van der Waals surface area contributed by atoms with Crippen LogP contribution in [0.5, 0.6) is 0 Å². The Hall–Kier alpha value is -1.87. The largest absolute Gasteiger partial charge is 0.369 e. The minimum Gasteiger partial charge on any atom is -0.369 e. The fourth-order valence-corrected chi connectivity index (χ4v) is 3.09. The molecule has 0 bridgehead atoms. The van der Waals surface area contributed by atoms with Gasteiger partial charge in [0.2, 0.25) is 0 Å². The number of rotatable bonds is 3. The number of hydrogen-bond acceptors (Lipinski definition) is 2. The highest BCUT2D eigenvalue weighted by Crippen LogP contribution is 2.24. The van der Waals surface area contributed by atoms with Crippen LogP contribution in [-0.4, -0.2) is 31.1 Å². The van der Waals surface area contributed by atoms with E-state index in [0.717, 1.165) is 31.7 Å². The highest BCUT2D eigenvalue weighted by Gasteiger charge is 2.19. The summed E-state index contributed by atoms with van der Waals surface area (Å²) in [6.07, 6.45) is 0. The van der Waals surface area contributed by atoms with Crippen molar-refractivity contribution < 1.29 is 4.39 Å². The average molecular weight is 298 g/mol. The standard InChI is InChI=1S/C19H23FN2/c1-15-6-5-9-19(16(15)2)22-12-10-21(11-13-22)14-17-7-3-4-8-18(17)20/h3-9H,10-14H2,1-2H3. The number of nitrogens with zero attached hydrogens (tertiary/aromatic N) is 2. The highest BCUT2D eigenvalue weighted by atomic mass is 19.1. The van der Waals surface area contributed by atoms with Crippen LogP contribution < -0.4 is 4.90 Å². The summed E-state index contributed by atoms with van der Waals surface area (Å²) in [7, 11) is 0. The second-order valence-corrected chi connectivity index (χ2v) is 6.07. The number of aryl methyl sites for hydroxylation is 1. The van der Waals surface area contributed by atoms with Gasteiger partial charge in [0.1, 0.15) is 5.82 Å². The number of hydrogen-bond donors (Lipinski definition) is 0. The van der Waals surface area contributed by atoms with Gasteiger partial charge < -0.3 is 4.90 Å². The minimum absolute atomic E-state index is 0.0977. The third-order valence-corrected chi connectivity index (χ3v) is 4.64. The van der Waals surface area contributed by atoms with Crippen molar-refractivity contribution in [1.29, 1.82) is 0 Å². The number of piperazine rings is 1. The van der Waals surface area contributed by atoms with Crippen molar-refractivity contribution in [3.63, 3.8) is 0 Å². The molecule has 0 aromatic heterocycles. The fourth-order valence-electron chi connectivity index (χ4n) is 3.09. The molecule has 0 spiro atoms. The van der Waals surface area contributed by atoms with Crippen LogP contribution in [0.3, 0.4) is 0 Å². The quantitative estimate of drug-likeness (QED) is 0.851. The molecule has 0 unspecified atom stereocenters. The molecule has 0 amide bonds. The Balaban J connectivity index is 1.63. The highest BCUT2D eigenvalue weighted by molar-refractivity contribution is 5.56. The molecule has 3 heteroatoms. The Morgan fingerprint density at radius 3 is 2.36 bits per heavy atom. The lowest BCUT2D eigenvalue weighted by atomic mass is 10.1. The molecule has 1 heterocycles. The van der Waals surface area contributed by atoms with Gasteiger partial charge in [-0.15, -0.1) is 0 Å². The van der Waals surface area contributed by atoms with Gasteiger partial charge in [0, 0.05) is 44.0 Å². The number of anilines is 1. The smallest absolute Gasteiger partial charge is 0.127 e. The molecule has 22 heavy (non-hydrogen) atoms. The molecule has 0 N–H and O–H groups in total. The van der Waals surface area contributed by atoms with Crippen LogP contribution >= 0.6 is 0 Å². The Bertz CT molecular complexity index is 646. The Morgan fingerprint density at radius 1 is 0.909 bits per heavy atom. The summed E-state index contributed by atoms with van der Waals surface area (Å²) in [6, 6.07) is 13.6. The maximum Gasteiger partial charge on any atom is 0.127 e. The van der Waals surface area contributed by atoms with Crippen LogP contribution in [0.25, 0.3) is 0 Å². The van der Waals surface area contributed by atoms with E-state index in [1.807, 2.05) is 12.1 Å². The van der Waals surface area contributed by atoms with Gasteiger partial charge in [-0.05, 0) is 37.1 Å². The summed E-state index contributed by atoms with van der Waals surface area (Å²) >= 11 is 0. The van der Waals surface area contributed by atoms with Gasteiger partial charge in [-0.3, -0.25) is 4.90 Å². The molecular formula is C19H23FN2. The van der Waals surface area contributed by atoms with Crippen molar-refractivity contribution in [2.24, 2.45) is 0 Å². The van der Waals surface area contributed by atoms with Crippen molar-refractivity contribution in [3.8, 4) is 0 Å². The molecule has 1 aliphatic rings. The minimum atomic E-state index is -0.0977. The topological polar surface area (TPSA) is 6.48 Å². The van der Waals surface area contributed by atoms with E-state index in [4.69, 9.17) is 0 Å². The van der Waals surface area contributed by atoms with E-state index in [0.29, 0.717) is 6.54 Å². The molecular weight excluding hydrogens is 275 g/mol. The summed E-state index contributed by atoms with van der Waals surface area (Å²) in [4.78, 5) is 4.78.